The van der Waals surface area contributed by atoms with Gasteiger partial charge >= 0.3 is 0 Å². The molecule has 5 rings (SSSR count). The standard InChI is InChI=1S/C22H14N4O3/c23-12-14-4-3-5-16(10-14)22-25-20(15-7-8-18-19(11-15)29-13-28-18)21(26(22)27)17-6-1-2-9-24-17/h1-11,27H,13H2. The number of hydrogen-bond donors (Lipinski definition) is 1. The van der Waals surface area contributed by atoms with Gasteiger partial charge in [-0.2, -0.15) is 9.99 Å². The zero-order valence-electron chi connectivity index (χ0n) is 15.1. The van der Waals surface area contributed by atoms with Gasteiger partial charge in [0.2, 0.25) is 6.79 Å². The minimum atomic E-state index is 0.173. The normalized spacial score (nSPS) is 12.0. The Kier molecular flexibility index (Phi) is 3.88. The first kappa shape index (κ1) is 16.8. The van der Waals surface area contributed by atoms with Gasteiger partial charge in [0.15, 0.2) is 17.3 Å². The maximum absolute atomic E-state index is 11.0. The van der Waals surface area contributed by atoms with Gasteiger partial charge in [-0.3, -0.25) is 4.98 Å². The van der Waals surface area contributed by atoms with Crippen LogP contribution in [0.5, 0.6) is 11.5 Å². The van der Waals surface area contributed by atoms with Crippen LogP contribution in [-0.4, -0.2) is 26.7 Å². The molecule has 3 heterocycles. The summed E-state index contributed by atoms with van der Waals surface area (Å²) in [6.07, 6.45) is 1.65. The summed E-state index contributed by atoms with van der Waals surface area (Å²) in [5.74, 6) is 1.60. The van der Waals surface area contributed by atoms with E-state index < -0.39 is 0 Å². The molecule has 0 radical (unpaired) electrons. The zero-order chi connectivity index (χ0) is 19.8. The molecular weight excluding hydrogens is 368 g/mol. The number of rotatable bonds is 3. The van der Waals surface area contributed by atoms with Crippen molar-refractivity contribution in [3.63, 3.8) is 0 Å². The lowest BCUT2D eigenvalue weighted by atomic mass is 10.1. The minimum Gasteiger partial charge on any atom is -0.454 e. The SMILES string of the molecule is N#Cc1cccc(-c2nc(-c3ccc4c(c3)OCO4)c(-c3ccccn3)n2O)c1. The van der Waals surface area contributed by atoms with Crippen molar-refractivity contribution in [2.24, 2.45) is 0 Å². The zero-order valence-corrected chi connectivity index (χ0v) is 15.1. The molecule has 4 aromatic rings. The van der Waals surface area contributed by atoms with Crippen LogP contribution in [0.25, 0.3) is 34.0 Å². The first-order valence-electron chi connectivity index (χ1n) is 8.88. The lowest BCUT2D eigenvalue weighted by Gasteiger charge is -2.06. The Balaban J connectivity index is 1.74. The first-order valence-corrected chi connectivity index (χ1v) is 8.88. The summed E-state index contributed by atoms with van der Waals surface area (Å²) < 4.78 is 11.9. The molecule has 0 saturated carbocycles. The summed E-state index contributed by atoms with van der Waals surface area (Å²) in [7, 11) is 0. The second kappa shape index (κ2) is 6.69. The Morgan fingerprint density at radius 2 is 1.86 bits per heavy atom. The van der Waals surface area contributed by atoms with Crippen LogP contribution >= 0.6 is 0 Å². The lowest BCUT2D eigenvalue weighted by molar-refractivity contribution is 0.174. The molecule has 1 aliphatic rings. The third-order valence-corrected chi connectivity index (χ3v) is 4.66. The molecular formula is C22H14N4O3. The van der Waals surface area contributed by atoms with E-state index in [0.29, 0.717) is 45.5 Å². The molecule has 140 valence electrons. The number of ether oxygens (including phenoxy) is 2. The molecule has 29 heavy (non-hydrogen) atoms. The summed E-state index contributed by atoms with van der Waals surface area (Å²) in [5, 5.41) is 20.2. The smallest absolute Gasteiger partial charge is 0.231 e. The summed E-state index contributed by atoms with van der Waals surface area (Å²) in [4.78, 5) is 9.07. The number of aromatic nitrogens is 3. The van der Waals surface area contributed by atoms with E-state index in [1.807, 2.05) is 24.3 Å². The number of fused-ring (bicyclic) bond motifs is 1. The van der Waals surface area contributed by atoms with Crippen LogP contribution in [-0.2, 0) is 0 Å². The number of pyridine rings is 1. The number of hydrogen-bond acceptors (Lipinski definition) is 6. The van der Waals surface area contributed by atoms with Gasteiger partial charge in [0.1, 0.15) is 11.4 Å². The van der Waals surface area contributed by atoms with Gasteiger partial charge < -0.3 is 14.7 Å². The molecule has 2 aromatic heterocycles. The highest BCUT2D eigenvalue weighted by Crippen LogP contribution is 2.39. The van der Waals surface area contributed by atoms with Gasteiger partial charge in [0.05, 0.1) is 17.3 Å². The average molecular weight is 382 g/mol. The van der Waals surface area contributed by atoms with Crippen molar-refractivity contribution in [2.45, 2.75) is 0 Å². The molecule has 0 spiro atoms. The molecule has 0 aliphatic carbocycles. The largest absolute Gasteiger partial charge is 0.454 e. The second-order valence-electron chi connectivity index (χ2n) is 6.42. The van der Waals surface area contributed by atoms with Gasteiger partial charge in [-0.15, -0.1) is 0 Å². The molecule has 1 N–H and O–H groups in total. The Labute approximate surface area is 166 Å². The summed E-state index contributed by atoms with van der Waals surface area (Å²) in [5.41, 5.74) is 3.41. The van der Waals surface area contributed by atoms with E-state index in [0.717, 1.165) is 10.3 Å². The van der Waals surface area contributed by atoms with Crippen LogP contribution in [0.3, 0.4) is 0 Å². The molecule has 0 unspecified atom stereocenters. The predicted molar refractivity (Wildman–Crippen MR) is 104 cm³/mol. The van der Waals surface area contributed by atoms with E-state index >= 15 is 0 Å². The average Bonchev–Trinajstić information content (AvgIpc) is 3.38. The topological polar surface area (TPSA) is 93.2 Å². The fraction of sp³-hybridized carbons (Fsp3) is 0.0455. The third kappa shape index (κ3) is 2.84. The molecule has 7 heteroatoms. The Morgan fingerprint density at radius 3 is 2.69 bits per heavy atom. The summed E-state index contributed by atoms with van der Waals surface area (Å²) in [6, 6.07) is 20.0. The Hall–Kier alpha value is -4.31. The van der Waals surface area contributed by atoms with Crippen molar-refractivity contribution in [3.05, 3.63) is 72.4 Å². The number of nitriles is 1. The Bertz CT molecular complexity index is 1260. The maximum Gasteiger partial charge on any atom is 0.231 e. The fourth-order valence-electron chi connectivity index (χ4n) is 3.30. The van der Waals surface area contributed by atoms with Crippen molar-refractivity contribution in [1.29, 1.82) is 5.26 Å². The van der Waals surface area contributed by atoms with Gasteiger partial charge in [-0.1, -0.05) is 18.2 Å². The van der Waals surface area contributed by atoms with Crippen molar-refractivity contribution < 1.29 is 14.7 Å². The molecule has 1 aliphatic heterocycles. The van der Waals surface area contributed by atoms with Crippen LogP contribution in [0.4, 0.5) is 0 Å². The highest BCUT2D eigenvalue weighted by atomic mass is 16.7. The molecule has 0 bridgehead atoms. The molecule has 0 fully saturated rings. The molecule has 2 aromatic carbocycles. The summed E-state index contributed by atoms with van der Waals surface area (Å²) in [6.45, 7) is 0.173. The van der Waals surface area contributed by atoms with Crippen molar-refractivity contribution in [1.82, 2.24) is 14.7 Å². The van der Waals surface area contributed by atoms with Crippen LogP contribution in [0.15, 0.2) is 66.9 Å². The highest BCUT2D eigenvalue weighted by Gasteiger charge is 2.24. The number of nitrogens with zero attached hydrogens (tertiary/aromatic N) is 4. The van der Waals surface area contributed by atoms with Gasteiger partial charge in [-0.05, 0) is 42.5 Å². The van der Waals surface area contributed by atoms with Crippen LogP contribution in [0.1, 0.15) is 5.56 Å². The maximum atomic E-state index is 11.0. The van der Waals surface area contributed by atoms with Crippen molar-refractivity contribution in [2.75, 3.05) is 6.79 Å². The second-order valence-corrected chi connectivity index (χ2v) is 6.42. The van der Waals surface area contributed by atoms with Crippen LogP contribution < -0.4 is 9.47 Å². The molecule has 0 saturated heterocycles. The summed E-state index contributed by atoms with van der Waals surface area (Å²) >= 11 is 0. The van der Waals surface area contributed by atoms with Crippen molar-refractivity contribution in [3.8, 4) is 51.6 Å². The first-order chi connectivity index (χ1) is 14.2. The monoisotopic (exact) mass is 382 g/mol. The van der Waals surface area contributed by atoms with Gasteiger partial charge in [0.25, 0.3) is 0 Å². The molecule has 0 amide bonds. The highest BCUT2D eigenvalue weighted by molar-refractivity contribution is 5.81. The number of imidazole rings is 1. The number of benzene rings is 2. The van der Waals surface area contributed by atoms with E-state index in [4.69, 9.17) is 14.5 Å². The minimum absolute atomic E-state index is 0.173. The predicted octanol–water partition coefficient (Wildman–Crippen LogP) is 4.12. The lowest BCUT2D eigenvalue weighted by Crippen LogP contribution is -1.98. The molecule has 0 atom stereocenters. The van der Waals surface area contributed by atoms with E-state index in [2.05, 4.69) is 11.1 Å². The van der Waals surface area contributed by atoms with Gasteiger partial charge in [-0.25, -0.2) is 4.98 Å². The van der Waals surface area contributed by atoms with E-state index in [9.17, 15) is 10.5 Å². The molecule has 7 nitrogen and oxygen atoms in total. The Morgan fingerprint density at radius 1 is 0.966 bits per heavy atom. The fourth-order valence-corrected chi connectivity index (χ4v) is 3.30. The van der Waals surface area contributed by atoms with Gasteiger partial charge in [0, 0.05) is 17.3 Å². The van der Waals surface area contributed by atoms with E-state index in [-0.39, 0.29) is 6.79 Å². The van der Waals surface area contributed by atoms with Crippen molar-refractivity contribution >= 4 is 0 Å². The van der Waals surface area contributed by atoms with Crippen LogP contribution in [0.2, 0.25) is 0 Å². The quantitative estimate of drug-likeness (QED) is 0.536. The third-order valence-electron chi connectivity index (χ3n) is 4.66. The van der Waals surface area contributed by atoms with E-state index in [1.54, 1.807) is 42.6 Å². The van der Waals surface area contributed by atoms with E-state index in [1.165, 1.54) is 0 Å². The van der Waals surface area contributed by atoms with Crippen LogP contribution in [0, 0.1) is 11.3 Å².